The highest BCUT2D eigenvalue weighted by Gasteiger charge is 2.10. The van der Waals surface area contributed by atoms with Gasteiger partial charge >= 0.3 is 0 Å². The van der Waals surface area contributed by atoms with Crippen molar-refractivity contribution in [2.45, 2.75) is 26.7 Å². The van der Waals surface area contributed by atoms with Crippen LogP contribution in [0, 0.1) is 13.8 Å². The van der Waals surface area contributed by atoms with Crippen LogP contribution in [0.5, 0.6) is 0 Å². The zero-order valence-electron chi connectivity index (χ0n) is 12.5. The van der Waals surface area contributed by atoms with E-state index in [1.54, 1.807) is 6.20 Å². The highest BCUT2D eigenvalue weighted by Crippen LogP contribution is 2.11. The van der Waals surface area contributed by atoms with Gasteiger partial charge in [-0.2, -0.15) is 5.10 Å². The van der Waals surface area contributed by atoms with Gasteiger partial charge in [-0.05, 0) is 25.8 Å². The predicted molar refractivity (Wildman–Crippen MR) is 76.3 cm³/mol. The maximum Gasteiger partial charge on any atom is 0.227 e. The van der Waals surface area contributed by atoms with Gasteiger partial charge in [-0.25, -0.2) is 4.98 Å². The van der Waals surface area contributed by atoms with Crippen LogP contribution in [0.25, 0.3) is 0 Å². The third kappa shape index (κ3) is 3.07. The maximum absolute atomic E-state index is 11.8. The minimum atomic E-state index is -0.00139. The number of nitrogens with one attached hydrogen (secondary N) is 1. The minimum Gasteiger partial charge on any atom is -0.355 e. The second kappa shape index (κ2) is 5.90. The fourth-order valence-corrected chi connectivity index (χ4v) is 2.28. The second-order valence-corrected chi connectivity index (χ2v) is 5.00. The van der Waals surface area contributed by atoms with Gasteiger partial charge in [-0.1, -0.05) is 0 Å². The lowest BCUT2D eigenvalue weighted by Crippen LogP contribution is -2.28. The van der Waals surface area contributed by atoms with Crippen molar-refractivity contribution in [3.05, 3.63) is 35.2 Å². The molecule has 0 bridgehead atoms. The molecule has 0 aromatic carbocycles. The topological polar surface area (TPSA) is 64.7 Å². The first-order chi connectivity index (χ1) is 9.49. The number of imidazole rings is 1. The molecule has 0 aliphatic heterocycles. The van der Waals surface area contributed by atoms with Crippen molar-refractivity contribution in [2.75, 3.05) is 6.54 Å². The largest absolute Gasteiger partial charge is 0.355 e. The molecule has 2 aromatic heterocycles. The molecule has 20 heavy (non-hydrogen) atoms. The summed E-state index contributed by atoms with van der Waals surface area (Å²) >= 11 is 0. The number of hydrogen-bond acceptors (Lipinski definition) is 3. The zero-order valence-corrected chi connectivity index (χ0v) is 12.5. The average molecular weight is 275 g/mol. The Labute approximate surface area is 118 Å². The highest BCUT2D eigenvalue weighted by molar-refractivity contribution is 5.77. The lowest BCUT2D eigenvalue weighted by Gasteiger charge is -2.06. The smallest absolute Gasteiger partial charge is 0.227 e. The molecule has 0 fully saturated rings. The highest BCUT2D eigenvalue weighted by atomic mass is 16.1. The number of hydrogen-bond donors (Lipinski definition) is 1. The van der Waals surface area contributed by atoms with Crippen LogP contribution in [0.15, 0.2) is 12.4 Å². The van der Waals surface area contributed by atoms with Crippen LogP contribution in [-0.2, 0) is 31.7 Å². The summed E-state index contributed by atoms with van der Waals surface area (Å²) in [6.07, 6.45) is 4.66. The number of rotatable bonds is 5. The van der Waals surface area contributed by atoms with E-state index in [0.717, 1.165) is 23.6 Å². The van der Waals surface area contributed by atoms with Crippen molar-refractivity contribution in [1.82, 2.24) is 24.6 Å². The molecule has 2 aromatic rings. The van der Waals surface area contributed by atoms with Crippen molar-refractivity contribution in [3.8, 4) is 0 Å². The molecule has 2 rings (SSSR count). The van der Waals surface area contributed by atoms with E-state index in [9.17, 15) is 4.79 Å². The Morgan fingerprint density at radius 2 is 2.10 bits per heavy atom. The summed E-state index contributed by atoms with van der Waals surface area (Å²) in [7, 11) is 3.82. The molecule has 2 heterocycles. The molecule has 0 atom stereocenters. The van der Waals surface area contributed by atoms with Gasteiger partial charge in [0.05, 0.1) is 12.1 Å². The molecule has 6 heteroatoms. The van der Waals surface area contributed by atoms with E-state index in [0.29, 0.717) is 13.0 Å². The molecule has 1 N–H and O–H groups in total. The van der Waals surface area contributed by atoms with Gasteiger partial charge in [0.25, 0.3) is 0 Å². The van der Waals surface area contributed by atoms with Gasteiger partial charge in [0.2, 0.25) is 5.91 Å². The van der Waals surface area contributed by atoms with Crippen molar-refractivity contribution in [3.63, 3.8) is 0 Å². The Morgan fingerprint density at radius 1 is 1.35 bits per heavy atom. The van der Waals surface area contributed by atoms with Crippen LogP contribution < -0.4 is 5.32 Å². The monoisotopic (exact) mass is 275 g/mol. The summed E-state index contributed by atoms with van der Waals surface area (Å²) in [5.41, 5.74) is 3.40. The molecule has 0 saturated carbocycles. The van der Waals surface area contributed by atoms with E-state index >= 15 is 0 Å². The normalized spacial score (nSPS) is 10.8. The summed E-state index contributed by atoms with van der Waals surface area (Å²) in [5.74, 6) is 0.773. The summed E-state index contributed by atoms with van der Waals surface area (Å²) < 4.78 is 3.73. The van der Waals surface area contributed by atoms with Crippen LogP contribution in [0.4, 0.5) is 0 Å². The Hall–Kier alpha value is -2.11. The van der Waals surface area contributed by atoms with Gasteiger partial charge in [-0.15, -0.1) is 0 Å². The quantitative estimate of drug-likeness (QED) is 0.872. The molecular formula is C14H21N5O. The first-order valence-corrected chi connectivity index (χ1v) is 6.71. The molecule has 0 radical (unpaired) electrons. The molecule has 0 unspecified atom stereocenters. The molecule has 0 aliphatic rings. The molecule has 0 spiro atoms. The maximum atomic E-state index is 11.8. The fraction of sp³-hybridized carbons (Fsp3) is 0.500. The average Bonchev–Trinajstić information content (AvgIpc) is 2.88. The first-order valence-electron chi connectivity index (χ1n) is 6.71. The van der Waals surface area contributed by atoms with Crippen molar-refractivity contribution in [1.29, 1.82) is 0 Å². The van der Waals surface area contributed by atoms with Gasteiger partial charge in [-0.3, -0.25) is 9.48 Å². The third-order valence-electron chi connectivity index (χ3n) is 3.60. The van der Waals surface area contributed by atoms with Crippen LogP contribution >= 0.6 is 0 Å². The van der Waals surface area contributed by atoms with Crippen LogP contribution in [0.2, 0.25) is 0 Å². The van der Waals surface area contributed by atoms with E-state index in [-0.39, 0.29) is 5.91 Å². The van der Waals surface area contributed by atoms with Crippen LogP contribution in [0.3, 0.4) is 0 Å². The number of nitrogens with zero attached hydrogens (tertiary/aromatic N) is 4. The number of aryl methyl sites for hydroxylation is 3. The predicted octanol–water partition coefficient (Wildman–Crippen LogP) is 0.672. The Balaban J connectivity index is 1.84. The van der Waals surface area contributed by atoms with E-state index in [2.05, 4.69) is 15.4 Å². The minimum absolute atomic E-state index is 0.00139. The summed E-state index contributed by atoms with van der Waals surface area (Å²) in [6, 6.07) is 0. The van der Waals surface area contributed by atoms with E-state index in [1.165, 1.54) is 5.56 Å². The number of carbonyl (C=O) groups excluding carboxylic acids is 1. The Morgan fingerprint density at radius 3 is 2.65 bits per heavy atom. The zero-order chi connectivity index (χ0) is 14.7. The van der Waals surface area contributed by atoms with Gasteiger partial charge in [0.1, 0.15) is 5.82 Å². The number of carbonyl (C=O) groups is 1. The first kappa shape index (κ1) is 14.3. The van der Waals surface area contributed by atoms with E-state index in [1.807, 2.05) is 43.4 Å². The number of amides is 1. The van der Waals surface area contributed by atoms with Crippen LogP contribution in [-0.4, -0.2) is 31.8 Å². The summed E-state index contributed by atoms with van der Waals surface area (Å²) in [6.45, 7) is 4.67. The fourth-order valence-electron chi connectivity index (χ4n) is 2.28. The SMILES string of the molecule is Cc1nn(C)c(C)c1CCNC(=O)Cc1nccn1C. The van der Waals surface area contributed by atoms with Crippen molar-refractivity contribution < 1.29 is 4.79 Å². The Kier molecular flexibility index (Phi) is 4.22. The van der Waals surface area contributed by atoms with Crippen LogP contribution in [0.1, 0.15) is 22.8 Å². The molecule has 0 saturated heterocycles. The van der Waals surface area contributed by atoms with Gasteiger partial charge < -0.3 is 9.88 Å². The molecule has 1 amide bonds. The number of aromatic nitrogens is 4. The lowest BCUT2D eigenvalue weighted by molar-refractivity contribution is -0.120. The third-order valence-corrected chi connectivity index (χ3v) is 3.60. The molecule has 6 nitrogen and oxygen atoms in total. The van der Waals surface area contributed by atoms with E-state index in [4.69, 9.17) is 0 Å². The van der Waals surface area contributed by atoms with Crippen molar-refractivity contribution in [2.24, 2.45) is 14.1 Å². The standard InChI is InChI=1S/C14H21N5O/c1-10-12(11(2)19(4)17-10)5-6-16-14(20)9-13-15-7-8-18(13)3/h7-8H,5-6,9H2,1-4H3,(H,16,20). The van der Waals surface area contributed by atoms with Gasteiger partial charge in [0.15, 0.2) is 0 Å². The van der Waals surface area contributed by atoms with Gasteiger partial charge in [0, 0.05) is 38.7 Å². The van der Waals surface area contributed by atoms with Crippen molar-refractivity contribution >= 4 is 5.91 Å². The van der Waals surface area contributed by atoms with E-state index < -0.39 is 0 Å². The molecular weight excluding hydrogens is 254 g/mol. The lowest BCUT2D eigenvalue weighted by atomic mass is 10.1. The summed E-state index contributed by atoms with van der Waals surface area (Å²) in [4.78, 5) is 16.0. The molecule has 0 aliphatic carbocycles. The Bertz CT molecular complexity index is 611. The molecule has 108 valence electrons. The second-order valence-electron chi connectivity index (χ2n) is 5.00. The summed E-state index contributed by atoms with van der Waals surface area (Å²) in [5, 5.41) is 7.30.